The summed E-state index contributed by atoms with van der Waals surface area (Å²) < 4.78 is 5.27. The molecule has 1 N–H and O–H groups in total. The zero-order chi connectivity index (χ0) is 12.1. The Labute approximate surface area is 103 Å². The predicted octanol–water partition coefficient (Wildman–Crippen LogP) is 0.647. The Morgan fingerprint density at radius 3 is 2.76 bits per heavy atom. The summed E-state index contributed by atoms with van der Waals surface area (Å²) in [6.45, 7) is 8.87. The lowest BCUT2D eigenvalue weighted by molar-refractivity contribution is -0.130. The first-order valence-electron chi connectivity index (χ1n) is 6.48. The molecular formula is C13H22N2O2. The number of amides is 1. The maximum absolute atomic E-state index is 11.9. The molecule has 96 valence electrons. The molecule has 0 bridgehead atoms. The molecule has 2 aliphatic heterocycles. The van der Waals surface area contributed by atoms with Crippen molar-refractivity contribution in [1.29, 1.82) is 0 Å². The number of nitrogens with one attached hydrogen (secondary N) is 1. The zero-order valence-corrected chi connectivity index (χ0v) is 10.4. The van der Waals surface area contributed by atoms with E-state index in [9.17, 15) is 4.79 Å². The number of carbonyl (C=O) groups is 1. The van der Waals surface area contributed by atoms with Crippen molar-refractivity contribution in [2.45, 2.75) is 12.8 Å². The number of fused-ring (bicyclic) bond motifs is 1. The number of nitrogens with zero attached hydrogens (tertiary/aromatic N) is 1. The van der Waals surface area contributed by atoms with Crippen molar-refractivity contribution in [3.63, 3.8) is 0 Å². The van der Waals surface area contributed by atoms with Crippen LogP contribution in [0.4, 0.5) is 0 Å². The van der Waals surface area contributed by atoms with E-state index in [1.54, 1.807) is 6.08 Å². The Morgan fingerprint density at radius 2 is 2.12 bits per heavy atom. The van der Waals surface area contributed by atoms with Crippen LogP contribution in [0.15, 0.2) is 12.7 Å². The van der Waals surface area contributed by atoms with Gasteiger partial charge in [0.05, 0.1) is 6.61 Å². The highest BCUT2D eigenvalue weighted by atomic mass is 16.5. The molecule has 1 amide bonds. The van der Waals surface area contributed by atoms with Gasteiger partial charge in [-0.1, -0.05) is 6.08 Å². The van der Waals surface area contributed by atoms with Crippen LogP contribution in [0.1, 0.15) is 12.8 Å². The maximum atomic E-state index is 11.9. The van der Waals surface area contributed by atoms with Gasteiger partial charge >= 0.3 is 0 Å². The predicted molar refractivity (Wildman–Crippen MR) is 66.7 cm³/mol. The number of likely N-dealkylation sites (tertiary alicyclic amines) is 1. The van der Waals surface area contributed by atoms with E-state index < -0.39 is 0 Å². The highest BCUT2D eigenvalue weighted by molar-refractivity contribution is 5.76. The van der Waals surface area contributed by atoms with Gasteiger partial charge in [-0.25, -0.2) is 0 Å². The minimum atomic E-state index is 0.293. The van der Waals surface area contributed by atoms with Gasteiger partial charge in [-0.15, -0.1) is 6.58 Å². The van der Waals surface area contributed by atoms with Gasteiger partial charge < -0.3 is 15.0 Å². The molecule has 0 unspecified atom stereocenters. The van der Waals surface area contributed by atoms with Crippen LogP contribution in [0, 0.1) is 11.8 Å². The summed E-state index contributed by atoms with van der Waals surface area (Å²) in [5, 5.41) is 3.38. The van der Waals surface area contributed by atoms with Crippen LogP contribution >= 0.6 is 0 Å². The largest absolute Gasteiger partial charge is 0.377 e. The topological polar surface area (TPSA) is 41.6 Å². The van der Waals surface area contributed by atoms with Gasteiger partial charge in [0.15, 0.2) is 0 Å². The van der Waals surface area contributed by atoms with E-state index in [1.807, 2.05) is 4.90 Å². The second-order valence-electron chi connectivity index (χ2n) is 4.94. The Balaban J connectivity index is 1.62. The molecule has 0 spiro atoms. The van der Waals surface area contributed by atoms with E-state index in [4.69, 9.17) is 4.74 Å². The quantitative estimate of drug-likeness (QED) is 0.545. The molecule has 4 nitrogen and oxygen atoms in total. The maximum Gasteiger partial charge on any atom is 0.222 e. The molecular weight excluding hydrogens is 216 g/mol. The molecule has 0 aromatic carbocycles. The third-order valence-electron chi connectivity index (χ3n) is 3.66. The first kappa shape index (κ1) is 12.6. The van der Waals surface area contributed by atoms with Crippen LogP contribution in [0.3, 0.4) is 0 Å². The van der Waals surface area contributed by atoms with Crippen LogP contribution < -0.4 is 5.32 Å². The number of carbonyl (C=O) groups excluding carboxylic acids is 1. The molecule has 2 rings (SSSR count). The molecule has 2 fully saturated rings. The van der Waals surface area contributed by atoms with E-state index in [1.165, 1.54) is 0 Å². The van der Waals surface area contributed by atoms with Crippen molar-refractivity contribution in [3.05, 3.63) is 12.7 Å². The molecule has 0 saturated carbocycles. The highest BCUT2D eigenvalue weighted by Crippen LogP contribution is 2.26. The Kier molecular flexibility index (Phi) is 4.57. The highest BCUT2D eigenvalue weighted by Gasteiger charge is 2.37. The number of rotatable bonds is 6. The Morgan fingerprint density at radius 1 is 1.41 bits per heavy atom. The van der Waals surface area contributed by atoms with Crippen LogP contribution in [0.5, 0.6) is 0 Å². The third kappa shape index (κ3) is 3.30. The van der Waals surface area contributed by atoms with E-state index >= 15 is 0 Å². The van der Waals surface area contributed by atoms with Gasteiger partial charge in [0.25, 0.3) is 0 Å². The van der Waals surface area contributed by atoms with Gasteiger partial charge in [0.1, 0.15) is 0 Å². The van der Waals surface area contributed by atoms with Crippen LogP contribution in [0.2, 0.25) is 0 Å². The van der Waals surface area contributed by atoms with Crippen LogP contribution in [0.25, 0.3) is 0 Å². The Bertz CT molecular complexity index is 269. The van der Waals surface area contributed by atoms with E-state index in [0.29, 0.717) is 37.4 Å². The molecule has 0 aromatic rings. The molecule has 2 atom stereocenters. The van der Waals surface area contributed by atoms with E-state index in [-0.39, 0.29) is 0 Å². The monoisotopic (exact) mass is 238 g/mol. The smallest absolute Gasteiger partial charge is 0.222 e. The van der Waals surface area contributed by atoms with Gasteiger partial charge in [0, 0.05) is 39.2 Å². The van der Waals surface area contributed by atoms with Crippen molar-refractivity contribution in [1.82, 2.24) is 10.2 Å². The Hall–Kier alpha value is -0.870. The average Bonchev–Trinajstić information content (AvgIpc) is 2.88. The summed E-state index contributed by atoms with van der Waals surface area (Å²) in [5.74, 6) is 1.67. The summed E-state index contributed by atoms with van der Waals surface area (Å²) in [7, 11) is 0. The second kappa shape index (κ2) is 6.17. The molecule has 0 radical (unpaired) electrons. The molecule has 4 heteroatoms. The number of ether oxygens (including phenoxy) is 1. The van der Waals surface area contributed by atoms with E-state index in [0.717, 1.165) is 32.6 Å². The SMILES string of the molecule is C=CCOCCCC(=O)N1C[C@H]2CNC[C@H]2C1. The lowest BCUT2D eigenvalue weighted by Crippen LogP contribution is -2.31. The lowest BCUT2D eigenvalue weighted by atomic mass is 10.0. The average molecular weight is 238 g/mol. The molecule has 2 saturated heterocycles. The minimum Gasteiger partial charge on any atom is -0.377 e. The number of hydrogen-bond donors (Lipinski definition) is 1. The van der Waals surface area contributed by atoms with Gasteiger partial charge in [-0.3, -0.25) is 4.79 Å². The van der Waals surface area contributed by atoms with Gasteiger partial charge in [0.2, 0.25) is 5.91 Å². The fraction of sp³-hybridized carbons (Fsp3) is 0.769. The summed E-state index contributed by atoms with van der Waals surface area (Å²) in [5.41, 5.74) is 0. The van der Waals surface area contributed by atoms with E-state index in [2.05, 4.69) is 11.9 Å². The second-order valence-corrected chi connectivity index (χ2v) is 4.94. The van der Waals surface area contributed by atoms with Crippen LogP contribution in [-0.4, -0.2) is 50.2 Å². The fourth-order valence-electron chi connectivity index (χ4n) is 2.71. The van der Waals surface area contributed by atoms with Crippen molar-refractivity contribution in [2.24, 2.45) is 11.8 Å². The summed E-state index contributed by atoms with van der Waals surface area (Å²) in [4.78, 5) is 14.0. The summed E-state index contributed by atoms with van der Waals surface area (Å²) in [6, 6.07) is 0. The van der Waals surface area contributed by atoms with Crippen molar-refractivity contribution in [3.8, 4) is 0 Å². The zero-order valence-electron chi connectivity index (χ0n) is 10.4. The molecule has 17 heavy (non-hydrogen) atoms. The molecule has 2 aliphatic rings. The normalized spacial score (nSPS) is 27.2. The van der Waals surface area contributed by atoms with Crippen LogP contribution in [-0.2, 0) is 9.53 Å². The lowest BCUT2D eigenvalue weighted by Gasteiger charge is -2.17. The van der Waals surface area contributed by atoms with Crippen molar-refractivity contribution < 1.29 is 9.53 Å². The minimum absolute atomic E-state index is 0.293. The standard InChI is InChI=1S/C13H22N2O2/c1-2-5-17-6-3-4-13(16)15-9-11-7-14-8-12(11)10-15/h2,11-12,14H,1,3-10H2/t11-,12+. The first-order valence-corrected chi connectivity index (χ1v) is 6.48. The molecule has 2 heterocycles. The van der Waals surface area contributed by atoms with Gasteiger partial charge in [-0.2, -0.15) is 0 Å². The molecule has 0 aliphatic carbocycles. The number of hydrogen-bond acceptors (Lipinski definition) is 3. The van der Waals surface area contributed by atoms with Crippen molar-refractivity contribution in [2.75, 3.05) is 39.4 Å². The first-order chi connectivity index (χ1) is 8.31. The van der Waals surface area contributed by atoms with Gasteiger partial charge in [-0.05, 0) is 18.3 Å². The molecule has 0 aromatic heterocycles. The van der Waals surface area contributed by atoms with Crippen molar-refractivity contribution >= 4 is 5.91 Å². The summed E-state index contributed by atoms with van der Waals surface area (Å²) >= 11 is 0. The third-order valence-corrected chi connectivity index (χ3v) is 3.66. The fourth-order valence-corrected chi connectivity index (χ4v) is 2.71. The summed E-state index contributed by atoms with van der Waals surface area (Å²) in [6.07, 6.45) is 3.16.